The second-order valence-corrected chi connectivity index (χ2v) is 5.72. The average molecular weight is 368 g/mol. The lowest BCUT2D eigenvalue weighted by molar-refractivity contribution is 0.0954. The van der Waals surface area contributed by atoms with Gasteiger partial charge in [0.25, 0.3) is 5.91 Å². The number of hydrazone groups is 1. The van der Waals surface area contributed by atoms with Crippen molar-refractivity contribution in [3.63, 3.8) is 0 Å². The van der Waals surface area contributed by atoms with Crippen LogP contribution in [-0.4, -0.2) is 16.7 Å². The maximum atomic E-state index is 12.0. The molecule has 0 aliphatic rings. The molecule has 1 aromatic heterocycles. The van der Waals surface area contributed by atoms with Crippen LogP contribution in [0.5, 0.6) is 0 Å². The quantitative estimate of drug-likeness (QED) is 0.549. The molecule has 0 aliphatic heterocycles. The Hall–Kier alpha value is -2.66. The molecule has 0 radical (unpaired) electrons. The van der Waals surface area contributed by atoms with E-state index in [1.165, 1.54) is 0 Å². The van der Waals surface area contributed by atoms with Gasteiger partial charge >= 0.3 is 0 Å². The fourth-order valence-corrected chi connectivity index (χ4v) is 2.59. The number of carbonyl (C=O) groups is 1. The molecule has 0 atom stereocenters. The molecule has 0 fully saturated rings. The number of nitrogens with zero attached hydrogens (tertiary/aromatic N) is 2. The molecule has 5 heteroatoms. The molecule has 0 unspecified atom stereocenters. The highest BCUT2D eigenvalue weighted by Gasteiger charge is 2.07. The maximum Gasteiger partial charge on any atom is 0.272 e. The number of benzene rings is 2. The first-order chi connectivity index (χ1) is 11.2. The van der Waals surface area contributed by atoms with E-state index in [-0.39, 0.29) is 5.91 Å². The molecule has 114 valence electrons. The third-order valence-corrected chi connectivity index (χ3v) is 3.96. The summed E-state index contributed by atoms with van der Waals surface area (Å²) >= 11 is 3.35. The van der Waals surface area contributed by atoms with Crippen molar-refractivity contribution in [2.24, 2.45) is 5.10 Å². The van der Waals surface area contributed by atoms with Crippen LogP contribution in [0.4, 0.5) is 0 Å². The fraction of sp³-hybridized carbons (Fsp3) is 0. The molecule has 0 aliphatic carbocycles. The molecular formula is C18H14BrN3O. The van der Waals surface area contributed by atoms with Gasteiger partial charge in [-0.3, -0.25) is 4.79 Å². The van der Waals surface area contributed by atoms with Gasteiger partial charge in [0.1, 0.15) is 0 Å². The molecule has 2 aromatic carbocycles. The Balaban J connectivity index is 1.66. The SMILES string of the molecule is O=C(N/N=C\c1ccn(-c2ccccc2)c1)c1ccccc1Br. The summed E-state index contributed by atoms with van der Waals surface area (Å²) in [6, 6.07) is 19.2. The van der Waals surface area contributed by atoms with Gasteiger partial charge in [0.2, 0.25) is 0 Å². The van der Waals surface area contributed by atoms with Gasteiger partial charge in [-0.05, 0) is 46.3 Å². The summed E-state index contributed by atoms with van der Waals surface area (Å²) in [7, 11) is 0. The molecule has 0 saturated carbocycles. The van der Waals surface area contributed by atoms with Crippen LogP contribution in [0.15, 0.2) is 82.6 Å². The Morgan fingerprint density at radius 3 is 2.57 bits per heavy atom. The topological polar surface area (TPSA) is 46.4 Å². The minimum absolute atomic E-state index is 0.254. The lowest BCUT2D eigenvalue weighted by Crippen LogP contribution is -2.17. The lowest BCUT2D eigenvalue weighted by atomic mass is 10.2. The number of aromatic nitrogens is 1. The summed E-state index contributed by atoms with van der Waals surface area (Å²) in [5, 5.41) is 4.01. The highest BCUT2D eigenvalue weighted by atomic mass is 79.9. The predicted molar refractivity (Wildman–Crippen MR) is 95.0 cm³/mol. The van der Waals surface area contributed by atoms with E-state index < -0.39 is 0 Å². The van der Waals surface area contributed by atoms with E-state index in [9.17, 15) is 4.79 Å². The Morgan fingerprint density at radius 2 is 1.78 bits per heavy atom. The molecule has 1 heterocycles. The number of carbonyl (C=O) groups excluding carboxylic acids is 1. The summed E-state index contributed by atoms with van der Waals surface area (Å²) in [6.45, 7) is 0. The largest absolute Gasteiger partial charge is 0.323 e. The van der Waals surface area contributed by atoms with Crippen molar-refractivity contribution >= 4 is 28.1 Å². The summed E-state index contributed by atoms with van der Waals surface area (Å²) in [4.78, 5) is 12.0. The van der Waals surface area contributed by atoms with Crippen LogP contribution in [0.2, 0.25) is 0 Å². The van der Waals surface area contributed by atoms with Crippen LogP contribution in [0.25, 0.3) is 5.69 Å². The average Bonchev–Trinajstić information content (AvgIpc) is 3.05. The minimum Gasteiger partial charge on any atom is -0.323 e. The summed E-state index contributed by atoms with van der Waals surface area (Å²) in [5.74, 6) is -0.254. The monoisotopic (exact) mass is 367 g/mol. The molecule has 0 saturated heterocycles. The Labute approximate surface area is 142 Å². The molecule has 4 nitrogen and oxygen atoms in total. The van der Waals surface area contributed by atoms with Gasteiger partial charge in [0.15, 0.2) is 0 Å². The first-order valence-corrected chi connectivity index (χ1v) is 7.85. The van der Waals surface area contributed by atoms with Crippen molar-refractivity contribution in [3.05, 3.63) is 88.7 Å². The highest BCUT2D eigenvalue weighted by Crippen LogP contribution is 2.15. The normalized spacial score (nSPS) is 10.8. The third kappa shape index (κ3) is 3.76. The molecule has 23 heavy (non-hydrogen) atoms. The number of halogens is 1. The van der Waals surface area contributed by atoms with Gasteiger partial charge in [-0.2, -0.15) is 5.10 Å². The van der Waals surface area contributed by atoms with Gasteiger partial charge in [-0.25, -0.2) is 5.43 Å². The van der Waals surface area contributed by atoms with Gasteiger partial charge in [0.05, 0.1) is 11.8 Å². The van der Waals surface area contributed by atoms with E-state index in [1.807, 2.05) is 71.6 Å². The second-order valence-electron chi connectivity index (χ2n) is 4.87. The van der Waals surface area contributed by atoms with E-state index in [0.717, 1.165) is 15.7 Å². The first-order valence-electron chi connectivity index (χ1n) is 7.05. The molecule has 1 amide bonds. The minimum atomic E-state index is -0.254. The Morgan fingerprint density at radius 1 is 1.04 bits per heavy atom. The van der Waals surface area contributed by atoms with Gasteiger partial charge < -0.3 is 4.57 Å². The van der Waals surface area contributed by atoms with Crippen molar-refractivity contribution < 1.29 is 4.79 Å². The fourth-order valence-electron chi connectivity index (χ4n) is 2.12. The zero-order valence-electron chi connectivity index (χ0n) is 12.2. The van der Waals surface area contributed by atoms with Crippen LogP contribution in [-0.2, 0) is 0 Å². The Kier molecular flexibility index (Phi) is 4.68. The number of rotatable bonds is 4. The van der Waals surface area contributed by atoms with E-state index in [4.69, 9.17) is 0 Å². The lowest BCUT2D eigenvalue weighted by Gasteiger charge is -2.01. The number of hydrogen-bond donors (Lipinski definition) is 1. The van der Waals surface area contributed by atoms with Crippen LogP contribution in [0.1, 0.15) is 15.9 Å². The van der Waals surface area contributed by atoms with Crippen molar-refractivity contribution in [1.82, 2.24) is 9.99 Å². The zero-order valence-corrected chi connectivity index (χ0v) is 13.8. The van der Waals surface area contributed by atoms with E-state index >= 15 is 0 Å². The van der Waals surface area contributed by atoms with Gasteiger partial charge in [0, 0.05) is 28.1 Å². The number of nitrogens with one attached hydrogen (secondary N) is 1. The van der Waals surface area contributed by atoms with Crippen LogP contribution >= 0.6 is 15.9 Å². The molecule has 1 N–H and O–H groups in total. The van der Waals surface area contributed by atoms with Crippen LogP contribution in [0.3, 0.4) is 0 Å². The van der Waals surface area contributed by atoms with Crippen molar-refractivity contribution in [2.75, 3.05) is 0 Å². The van der Waals surface area contributed by atoms with Gasteiger partial charge in [-0.15, -0.1) is 0 Å². The second kappa shape index (κ2) is 7.07. The summed E-state index contributed by atoms with van der Waals surface area (Å²) in [6.07, 6.45) is 5.52. The summed E-state index contributed by atoms with van der Waals surface area (Å²) < 4.78 is 2.74. The number of para-hydroxylation sites is 1. The van der Waals surface area contributed by atoms with Crippen molar-refractivity contribution in [1.29, 1.82) is 0 Å². The number of amides is 1. The third-order valence-electron chi connectivity index (χ3n) is 3.27. The van der Waals surface area contributed by atoms with Gasteiger partial charge in [-0.1, -0.05) is 30.3 Å². The molecule has 0 bridgehead atoms. The zero-order chi connectivity index (χ0) is 16.1. The van der Waals surface area contributed by atoms with Crippen LogP contribution < -0.4 is 5.43 Å². The maximum absolute atomic E-state index is 12.0. The molecule has 3 rings (SSSR count). The van der Waals surface area contributed by atoms with E-state index in [0.29, 0.717) is 5.56 Å². The molecule has 3 aromatic rings. The predicted octanol–water partition coefficient (Wildman–Crippen LogP) is 4.00. The smallest absolute Gasteiger partial charge is 0.272 e. The number of hydrogen-bond acceptors (Lipinski definition) is 2. The van der Waals surface area contributed by atoms with E-state index in [1.54, 1.807) is 12.3 Å². The van der Waals surface area contributed by atoms with Crippen molar-refractivity contribution in [2.45, 2.75) is 0 Å². The van der Waals surface area contributed by atoms with Crippen molar-refractivity contribution in [3.8, 4) is 5.69 Å². The highest BCUT2D eigenvalue weighted by molar-refractivity contribution is 9.10. The summed E-state index contributed by atoms with van der Waals surface area (Å²) in [5.41, 5.74) is 5.05. The van der Waals surface area contributed by atoms with E-state index in [2.05, 4.69) is 26.5 Å². The molecule has 0 spiro atoms. The van der Waals surface area contributed by atoms with Crippen LogP contribution in [0, 0.1) is 0 Å². The first kappa shape index (κ1) is 15.2. The molecular weight excluding hydrogens is 354 g/mol. The Bertz CT molecular complexity index is 840. The standard InChI is InChI=1S/C18H14BrN3O/c19-17-9-5-4-8-16(17)18(23)21-20-12-14-10-11-22(13-14)15-6-2-1-3-7-15/h1-13H,(H,21,23)/b20-12-.